The monoisotopic (exact) mass is 300 g/mol. The Morgan fingerprint density at radius 1 is 1.09 bits per heavy atom. The highest BCUT2D eigenvalue weighted by molar-refractivity contribution is 5.87. The Morgan fingerprint density at radius 3 is 2.59 bits per heavy atom. The Labute approximate surface area is 133 Å². The van der Waals surface area contributed by atoms with E-state index in [1.807, 2.05) is 0 Å². The molecule has 1 unspecified atom stereocenters. The van der Waals surface area contributed by atoms with Crippen LogP contribution in [0.1, 0.15) is 65.7 Å². The first-order valence-electron chi connectivity index (χ1n) is 9.12. The van der Waals surface area contributed by atoms with E-state index in [1.165, 1.54) is 12.0 Å². The fourth-order valence-corrected chi connectivity index (χ4v) is 6.60. The first-order valence-corrected chi connectivity index (χ1v) is 9.12. The smallest absolute Gasteiger partial charge is 0.139 e. The molecule has 0 spiro atoms. The molecule has 22 heavy (non-hydrogen) atoms. The lowest BCUT2D eigenvalue weighted by Gasteiger charge is -2.56. The average molecular weight is 300 g/mol. The molecule has 120 valence electrons. The summed E-state index contributed by atoms with van der Waals surface area (Å²) in [7, 11) is 0. The van der Waals surface area contributed by atoms with Crippen molar-refractivity contribution >= 4 is 11.6 Å². The van der Waals surface area contributed by atoms with E-state index in [2.05, 4.69) is 26.8 Å². The third-order valence-corrected chi connectivity index (χ3v) is 7.98. The minimum atomic E-state index is -0.0427. The van der Waals surface area contributed by atoms with Crippen molar-refractivity contribution < 1.29 is 9.59 Å². The van der Waals surface area contributed by atoms with Gasteiger partial charge in [-0.3, -0.25) is 9.59 Å². The molecular formula is C20H28O2. The second-order valence-corrected chi connectivity index (χ2v) is 8.93. The van der Waals surface area contributed by atoms with Crippen LogP contribution < -0.4 is 0 Å². The molecule has 4 rings (SSSR count). The molecule has 0 aromatic heterocycles. The molecule has 2 heteroatoms. The van der Waals surface area contributed by atoms with E-state index in [4.69, 9.17) is 0 Å². The number of hydrogen-bond acceptors (Lipinski definition) is 2. The number of rotatable bonds is 0. The van der Waals surface area contributed by atoms with Crippen LogP contribution in [0.4, 0.5) is 0 Å². The lowest BCUT2D eigenvalue weighted by molar-refractivity contribution is -0.133. The quantitative estimate of drug-likeness (QED) is 0.624. The maximum atomic E-state index is 12.4. The fraction of sp³-hybridized carbons (Fsp3) is 0.800. The second kappa shape index (κ2) is 4.55. The summed E-state index contributed by atoms with van der Waals surface area (Å²) >= 11 is 0. The largest absolute Gasteiger partial charge is 0.299 e. The molecule has 6 atom stereocenters. The first-order chi connectivity index (χ1) is 10.4. The van der Waals surface area contributed by atoms with Gasteiger partial charge in [-0.2, -0.15) is 0 Å². The summed E-state index contributed by atoms with van der Waals surface area (Å²) in [5, 5.41) is 0. The zero-order chi connectivity index (χ0) is 15.7. The van der Waals surface area contributed by atoms with Crippen molar-refractivity contribution in [3.8, 4) is 0 Å². The molecule has 4 aliphatic rings. The summed E-state index contributed by atoms with van der Waals surface area (Å²) in [4.78, 5) is 24.5. The van der Waals surface area contributed by atoms with E-state index in [1.54, 1.807) is 0 Å². The molecule has 3 fully saturated rings. The molecule has 0 radical (unpaired) electrons. The maximum absolute atomic E-state index is 12.4. The Morgan fingerprint density at radius 2 is 1.82 bits per heavy atom. The van der Waals surface area contributed by atoms with Crippen LogP contribution in [0.25, 0.3) is 0 Å². The van der Waals surface area contributed by atoms with E-state index in [0.29, 0.717) is 35.7 Å². The summed E-state index contributed by atoms with van der Waals surface area (Å²) in [5.74, 6) is 3.09. The van der Waals surface area contributed by atoms with Crippen LogP contribution in [0.3, 0.4) is 0 Å². The molecular weight excluding hydrogens is 272 g/mol. The van der Waals surface area contributed by atoms with Crippen LogP contribution in [-0.2, 0) is 9.59 Å². The lowest BCUT2D eigenvalue weighted by Crippen LogP contribution is -2.51. The van der Waals surface area contributed by atoms with Crippen LogP contribution in [-0.4, -0.2) is 11.6 Å². The highest BCUT2D eigenvalue weighted by Gasteiger charge is 2.59. The van der Waals surface area contributed by atoms with Gasteiger partial charge in [0.15, 0.2) is 0 Å². The number of fused-ring (bicyclic) bond motifs is 5. The van der Waals surface area contributed by atoms with Gasteiger partial charge in [-0.05, 0) is 55.3 Å². The zero-order valence-corrected chi connectivity index (χ0v) is 14.2. The highest BCUT2D eigenvalue weighted by Crippen LogP contribution is 2.64. The average Bonchev–Trinajstić information content (AvgIpc) is 2.77. The van der Waals surface area contributed by atoms with Gasteiger partial charge in [-0.15, -0.1) is 0 Å². The van der Waals surface area contributed by atoms with Gasteiger partial charge >= 0.3 is 0 Å². The van der Waals surface area contributed by atoms with Gasteiger partial charge in [-0.25, -0.2) is 0 Å². The molecule has 4 aliphatic carbocycles. The molecule has 0 aliphatic heterocycles. The minimum absolute atomic E-state index is 0.0427. The SMILES string of the molecule is CC1C[C@@]2(C)C(=CC[C@@H]3[C@H]2CC[C@]2(C)C(=O)CC[C@@H]32)CC1=O. The van der Waals surface area contributed by atoms with Crippen LogP contribution in [0.5, 0.6) is 0 Å². The third-order valence-electron chi connectivity index (χ3n) is 7.98. The van der Waals surface area contributed by atoms with Crippen LogP contribution in [0, 0.1) is 34.5 Å². The van der Waals surface area contributed by atoms with Crippen molar-refractivity contribution in [3.63, 3.8) is 0 Å². The Bertz CT molecular complexity index is 574. The molecule has 0 aromatic carbocycles. The lowest BCUT2D eigenvalue weighted by atomic mass is 9.47. The van der Waals surface area contributed by atoms with Gasteiger partial charge in [-0.1, -0.05) is 32.4 Å². The van der Waals surface area contributed by atoms with Crippen molar-refractivity contribution in [2.24, 2.45) is 34.5 Å². The van der Waals surface area contributed by atoms with Gasteiger partial charge < -0.3 is 0 Å². The molecule has 0 aromatic rings. The van der Waals surface area contributed by atoms with Gasteiger partial charge in [0.1, 0.15) is 11.6 Å². The Hall–Kier alpha value is -0.920. The van der Waals surface area contributed by atoms with Crippen molar-refractivity contribution in [2.75, 3.05) is 0 Å². The van der Waals surface area contributed by atoms with E-state index in [-0.39, 0.29) is 16.7 Å². The summed E-state index contributed by atoms with van der Waals surface area (Å²) in [6, 6.07) is 0. The third kappa shape index (κ3) is 1.73. The van der Waals surface area contributed by atoms with E-state index in [0.717, 1.165) is 32.1 Å². The van der Waals surface area contributed by atoms with Crippen molar-refractivity contribution in [3.05, 3.63) is 11.6 Å². The number of ketones is 2. The van der Waals surface area contributed by atoms with Crippen molar-refractivity contribution in [1.82, 2.24) is 0 Å². The number of Topliss-reactive ketones (excluding diaryl/α,β-unsaturated/α-hetero) is 2. The molecule has 0 amide bonds. The van der Waals surface area contributed by atoms with Crippen LogP contribution >= 0.6 is 0 Å². The second-order valence-electron chi connectivity index (χ2n) is 8.93. The summed E-state index contributed by atoms with van der Waals surface area (Å²) in [6.45, 7) is 6.76. The fourth-order valence-electron chi connectivity index (χ4n) is 6.60. The predicted molar refractivity (Wildman–Crippen MR) is 86.3 cm³/mol. The van der Waals surface area contributed by atoms with Crippen LogP contribution in [0.2, 0.25) is 0 Å². The predicted octanol–water partition coefficient (Wildman–Crippen LogP) is 4.33. The molecule has 2 nitrogen and oxygen atoms in total. The van der Waals surface area contributed by atoms with E-state index in [9.17, 15) is 9.59 Å². The van der Waals surface area contributed by atoms with Gasteiger partial charge in [0.25, 0.3) is 0 Å². The van der Waals surface area contributed by atoms with E-state index >= 15 is 0 Å². The number of carbonyl (C=O) groups is 2. The van der Waals surface area contributed by atoms with Gasteiger partial charge in [0, 0.05) is 24.2 Å². The van der Waals surface area contributed by atoms with Crippen LogP contribution in [0.15, 0.2) is 11.6 Å². The molecule has 0 saturated heterocycles. The Kier molecular flexibility index (Phi) is 3.03. The molecule has 0 heterocycles. The summed E-state index contributed by atoms with van der Waals surface area (Å²) < 4.78 is 0. The van der Waals surface area contributed by atoms with E-state index < -0.39 is 0 Å². The number of carbonyl (C=O) groups excluding carboxylic acids is 2. The zero-order valence-electron chi connectivity index (χ0n) is 14.2. The maximum Gasteiger partial charge on any atom is 0.139 e. The van der Waals surface area contributed by atoms with Crippen molar-refractivity contribution in [2.45, 2.75) is 65.7 Å². The van der Waals surface area contributed by atoms with Gasteiger partial charge in [0.05, 0.1) is 0 Å². The first kappa shape index (κ1) is 14.7. The summed E-state index contributed by atoms with van der Waals surface area (Å²) in [5.41, 5.74) is 1.59. The number of hydrogen-bond donors (Lipinski definition) is 0. The standard InChI is InChI=1S/C20H28O2/c1-12-11-20(3)13(10-17(12)21)4-5-14-15-6-7-18(22)19(15,2)9-8-16(14)20/h4,12,14-16H,5-11H2,1-3H3/t12?,14-,15-,16+,19-,20-/m0/s1. The normalized spacial score (nSPS) is 51.0. The Balaban J connectivity index is 1.71. The highest BCUT2D eigenvalue weighted by atomic mass is 16.1. The molecule has 0 N–H and O–H groups in total. The topological polar surface area (TPSA) is 34.1 Å². The summed E-state index contributed by atoms with van der Waals surface area (Å²) in [6.07, 6.45) is 9.35. The molecule has 0 bridgehead atoms. The minimum Gasteiger partial charge on any atom is -0.299 e. The number of allylic oxidation sites excluding steroid dienone is 2. The van der Waals surface area contributed by atoms with Crippen molar-refractivity contribution in [1.29, 1.82) is 0 Å². The van der Waals surface area contributed by atoms with Gasteiger partial charge in [0.2, 0.25) is 0 Å². The molecule has 3 saturated carbocycles.